The highest BCUT2D eigenvalue weighted by atomic mass is 16.5. The van der Waals surface area contributed by atoms with Crippen molar-refractivity contribution in [1.82, 2.24) is 14.9 Å². The molecule has 2 aliphatic rings. The number of likely N-dealkylation sites (N-methyl/N-ethyl adjacent to an activating group) is 1. The zero-order chi connectivity index (χ0) is 23.7. The SMILES string of the molecule is COc1cc(N2CCN(C)CC2)ccc1Cc1ncc2c(n1)N(C)C(=O)N(c1ccccc1)C2. The number of methoxy groups -OCH3 is 1. The Hall–Kier alpha value is -3.65. The molecule has 3 heterocycles. The number of benzene rings is 2. The Morgan fingerprint density at radius 2 is 1.74 bits per heavy atom. The molecule has 0 saturated carbocycles. The number of fused-ring (bicyclic) bond motifs is 1. The third-order valence-corrected chi connectivity index (χ3v) is 6.61. The van der Waals surface area contributed by atoms with Gasteiger partial charge in [0.25, 0.3) is 0 Å². The molecule has 0 radical (unpaired) electrons. The van der Waals surface area contributed by atoms with Crippen molar-refractivity contribution in [2.24, 2.45) is 0 Å². The highest BCUT2D eigenvalue weighted by Crippen LogP contribution is 2.31. The maximum absolute atomic E-state index is 13.0. The molecule has 1 saturated heterocycles. The van der Waals surface area contributed by atoms with Gasteiger partial charge in [-0.25, -0.2) is 14.8 Å². The number of carbonyl (C=O) groups excluding carboxylic acids is 1. The Kier molecular flexibility index (Phi) is 6.06. The largest absolute Gasteiger partial charge is 0.496 e. The number of aromatic nitrogens is 2. The first-order valence-corrected chi connectivity index (χ1v) is 11.6. The van der Waals surface area contributed by atoms with Crippen molar-refractivity contribution in [3.05, 3.63) is 71.7 Å². The van der Waals surface area contributed by atoms with Crippen LogP contribution < -0.4 is 19.4 Å². The average molecular weight is 459 g/mol. The molecule has 3 aromatic rings. The molecule has 2 amide bonds. The van der Waals surface area contributed by atoms with Gasteiger partial charge in [-0.05, 0) is 25.2 Å². The van der Waals surface area contributed by atoms with Gasteiger partial charge in [0.2, 0.25) is 0 Å². The molecular weight excluding hydrogens is 428 g/mol. The van der Waals surface area contributed by atoms with Crippen LogP contribution in [0.15, 0.2) is 54.7 Å². The predicted octanol–water partition coefficient (Wildman–Crippen LogP) is 3.40. The fourth-order valence-electron chi connectivity index (χ4n) is 4.55. The van der Waals surface area contributed by atoms with Crippen LogP contribution in [0.1, 0.15) is 17.0 Å². The maximum Gasteiger partial charge on any atom is 0.330 e. The van der Waals surface area contributed by atoms with Crippen LogP contribution in [0.4, 0.5) is 22.0 Å². The smallest absolute Gasteiger partial charge is 0.330 e. The first kappa shape index (κ1) is 22.2. The van der Waals surface area contributed by atoms with Crippen molar-refractivity contribution in [3.8, 4) is 5.75 Å². The van der Waals surface area contributed by atoms with Crippen LogP contribution in [0.5, 0.6) is 5.75 Å². The van der Waals surface area contributed by atoms with E-state index in [0.29, 0.717) is 24.6 Å². The quantitative estimate of drug-likeness (QED) is 0.584. The summed E-state index contributed by atoms with van der Waals surface area (Å²) >= 11 is 0. The minimum absolute atomic E-state index is 0.0996. The third kappa shape index (κ3) is 4.28. The second-order valence-electron chi connectivity index (χ2n) is 8.86. The monoisotopic (exact) mass is 458 g/mol. The normalized spacial score (nSPS) is 16.6. The molecule has 0 N–H and O–H groups in total. The number of para-hydroxylation sites is 1. The van der Waals surface area contributed by atoms with E-state index in [9.17, 15) is 4.79 Å². The van der Waals surface area contributed by atoms with Gasteiger partial charge in [-0.1, -0.05) is 24.3 Å². The second-order valence-corrected chi connectivity index (χ2v) is 8.86. The van der Waals surface area contributed by atoms with Crippen LogP contribution >= 0.6 is 0 Å². The molecule has 0 atom stereocenters. The van der Waals surface area contributed by atoms with E-state index in [-0.39, 0.29) is 6.03 Å². The number of urea groups is 1. The number of nitrogens with zero attached hydrogens (tertiary/aromatic N) is 6. The molecule has 0 unspecified atom stereocenters. The summed E-state index contributed by atoms with van der Waals surface area (Å²) in [5, 5.41) is 0. The van der Waals surface area contributed by atoms with Crippen molar-refractivity contribution < 1.29 is 9.53 Å². The highest BCUT2D eigenvalue weighted by molar-refractivity contribution is 6.04. The number of carbonyl (C=O) groups is 1. The fourth-order valence-corrected chi connectivity index (χ4v) is 4.55. The lowest BCUT2D eigenvalue weighted by Crippen LogP contribution is -2.46. The van der Waals surface area contributed by atoms with E-state index in [2.05, 4.69) is 40.0 Å². The number of amides is 2. The third-order valence-electron chi connectivity index (χ3n) is 6.61. The minimum Gasteiger partial charge on any atom is -0.496 e. The Morgan fingerprint density at radius 1 is 0.971 bits per heavy atom. The van der Waals surface area contributed by atoms with Crippen molar-refractivity contribution in [2.45, 2.75) is 13.0 Å². The van der Waals surface area contributed by atoms with Crippen LogP contribution in [-0.2, 0) is 13.0 Å². The minimum atomic E-state index is -0.0996. The van der Waals surface area contributed by atoms with E-state index < -0.39 is 0 Å². The van der Waals surface area contributed by atoms with Crippen LogP contribution in [0.2, 0.25) is 0 Å². The lowest BCUT2D eigenvalue weighted by molar-refractivity contribution is 0.251. The predicted molar refractivity (Wildman–Crippen MR) is 134 cm³/mol. The Morgan fingerprint density at radius 3 is 2.47 bits per heavy atom. The van der Waals surface area contributed by atoms with Crippen LogP contribution in [-0.4, -0.2) is 68.3 Å². The van der Waals surface area contributed by atoms with Gasteiger partial charge < -0.3 is 14.5 Å². The van der Waals surface area contributed by atoms with Crippen molar-refractivity contribution >= 4 is 23.2 Å². The summed E-state index contributed by atoms with van der Waals surface area (Å²) in [6.07, 6.45) is 2.37. The molecule has 8 nitrogen and oxygen atoms in total. The summed E-state index contributed by atoms with van der Waals surface area (Å²) in [4.78, 5) is 30.5. The van der Waals surface area contributed by atoms with Gasteiger partial charge >= 0.3 is 6.03 Å². The lowest BCUT2D eigenvalue weighted by Gasteiger charge is -2.34. The molecule has 34 heavy (non-hydrogen) atoms. The average Bonchev–Trinajstić information content (AvgIpc) is 2.87. The summed E-state index contributed by atoms with van der Waals surface area (Å²) in [5.74, 6) is 2.16. The molecule has 2 aromatic carbocycles. The first-order chi connectivity index (χ1) is 16.5. The van der Waals surface area contributed by atoms with Gasteiger partial charge in [0.1, 0.15) is 17.4 Å². The summed E-state index contributed by atoms with van der Waals surface area (Å²) in [6, 6.07) is 15.9. The number of hydrogen-bond acceptors (Lipinski definition) is 6. The Balaban J connectivity index is 1.37. The van der Waals surface area contributed by atoms with E-state index in [0.717, 1.165) is 48.7 Å². The van der Waals surface area contributed by atoms with Gasteiger partial charge in [-0.15, -0.1) is 0 Å². The van der Waals surface area contributed by atoms with E-state index in [4.69, 9.17) is 9.72 Å². The second kappa shape index (κ2) is 9.30. The van der Waals surface area contributed by atoms with Gasteiger partial charge in [0, 0.05) is 74.4 Å². The number of ether oxygens (including phenoxy) is 1. The molecule has 1 aromatic heterocycles. The standard InChI is InChI=1S/C26H30N6O2/c1-29-11-13-31(14-12-29)22-10-9-19(23(16-22)34-3)15-24-27-17-20-18-32(21-7-5-4-6-8-21)26(33)30(2)25(20)28-24/h4-10,16-17H,11-15,18H2,1-3H3. The lowest BCUT2D eigenvalue weighted by atomic mass is 10.1. The van der Waals surface area contributed by atoms with E-state index in [1.807, 2.05) is 36.5 Å². The van der Waals surface area contributed by atoms with E-state index in [1.165, 1.54) is 5.69 Å². The van der Waals surface area contributed by atoms with Crippen molar-refractivity contribution in [2.75, 3.05) is 62.1 Å². The molecule has 1 fully saturated rings. The van der Waals surface area contributed by atoms with Crippen molar-refractivity contribution in [1.29, 1.82) is 0 Å². The highest BCUT2D eigenvalue weighted by Gasteiger charge is 2.30. The molecule has 8 heteroatoms. The Labute approximate surface area is 200 Å². The number of piperazine rings is 1. The molecule has 0 aliphatic carbocycles. The number of hydrogen-bond donors (Lipinski definition) is 0. The van der Waals surface area contributed by atoms with Crippen LogP contribution in [0.25, 0.3) is 0 Å². The topological polar surface area (TPSA) is 65.0 Å². The van der Waals surface area contributed by atoms with Gasteiger partial charge in [0.15, 0.2) is 0 Å². The van der Waals surface area contributed by atoms with E-state index >= 15 is 0 Å². The summed E-state index contributed by atoms with van der Waals surface area (Å²) in [5.41, 5.74) is 3.98. The van der Waals surface area contributed by atoms with Gasteiger partial charge in [0.05, 0.1) is 13.7 Å². The molecule has 5 rings (SSSR count). The molecular formula is C26H30N6O2. The van der Waals surface area contributed by atoms with Gasteiger partial charge in [-0.2, -0.15) is 0 Å². The van der Waals surface area contributed by atoms with Crippen LogP contribution in [0.3, 0.4) is 0 Å². The summed E-state index contributed by atoms with van der Waals surface area (Å²) < 4.78 is 5.72. The van der Waals surface area contributed by atoms with E-state index in [1.54, 1.807) is 24.0 Å². The van der Waals surface area contributed by atoms with Crippen LogP contribution in [0, 0.1) is 0 Å². The molecule has 176 valence electrons. The zero-order valence-corrected chi connectivity index (χ0v) is 19.9. The summed E-state index contributed by atoms with van der Waals surface area (Å²) in [6.45, 7) is 4.58. The van der Waals surface area contributed by atoms with Gasteiger partial charge in [-0.3, -0.25) is 9.80 Å². The zero-order valence-electron chi connectivity index (χ0n) is 19.9. The fraction of sp³-hybridized carbons (Fsp3) is 0.346. The number of rotatable bonds is 5. The molecule has 0 bridgehead atoms. The van der Waals surface area contributed by atoms with Crippen molar-refractivity contribution in [3.63, 3.8) is 0 Å². The first-order valence-electron chi connectivity index (χ1n) is 11.6. The molecule has 0 spiro atoms. The maximum atomic E-state index is 13.0. The number of anilines is 3. The summed E-state index contributed by atoms with van der Waals surface area (Å²) in [7, 11) is 5.62. The molecule has 2 aliphatic heterocycles. The Bertz CT molecular complexity index is 1180.